The summed E-state index contributed by atoms with van der Waals surface area (Å²) < 4.78 is 5.82. The van der Waals surface area contributed by atoms with Gasteiger partial charge in [-0.05, 0) is 43.1 Å². The van der Waals surface area contributed by atoms with Gasteiger partial charge in [0.05, 0.1) is 6.07 Å². The summed E-state index contributed by atoms with van der Waals surface area (Å²) >= 11 is 6.13. The van der Waals surface area contributed by atoms with Crippen LogP contribution < -0.4 is 10.1 Å². The maximum atomic E-state index is 8.49. The van der Waals surface area contributed by atoms with Gasteiger partial charge >= 0.3 is 0 Å². The summed E-state index contributed by atoms with van der Waals surface area (Å²) in [4.78, 5) is 0. The normalized spacial score (nSPS) is 10.3. The Hall–Kier alpha value is -2.02. The number of nitrogens with one attached hydrogen (secondary N) is 1. The van der Waals surface area contributed by atoms with Crippen LogP contribution in [0.5, 0.6) is 5.75 Å². The van der Waals surface area contributed by atoms with Crippen molar-refractivity contribution in [3.8, 4) is 11.8 Å². The van der Waals surface area contributed by atoms with Crippen molar-refractivity contribution in [1.82, 2.24) is 5.32 Å². The van der Waals surface area contributed by atoms with Crippen molar-refractivity contribution >= 4 is 11.6 Å². The van der Waals surface area contributed by atoms with E-state index < -0.39 is 0 Å². The summed E-state index contributed by atoms with van der Waals surface area (Å²) in [7, 11) is 0. The van der Waals surface area contributed by atoms with E-state index in [-0.39, 0.29) is 0 Å². The van der Waals surface area contributed by atoms with E-state index in [4.69, 9.17) is 21.6 Å². The van der Waals surface area contributed by atoms with E-state index in [1.807, 2.05) is 42.5 Å². The fourth-order valence-corrected chi connectivity index (χ4v) is 2.40. The molecule has 3 nitrogen and oxygen atoms in total. The van der Waals surface area contributed by atoms with Gasteiger partial charge in [0.1, 0.15) is 12.4 Å². The molecule has 2 aromatic rings. The van der Waals surface area contributed by atoms with Crippen LogP contribution in [0.3, 0.4) is 0 Å². The predicted octanol–water partition coefficient (Wildman–Crippen LogP) is 4.70. The maximum Gasteiger partial charge on any atom is 0.120 e. The number of rotatable bonds is 9. The first-order valence-corrected chi connectivity index (χ1v) is 8.20. The Morgan fingerprint density at radius 2 is 1.96 bits per heavy atom. The number of halogens is 1. The summed E-state index contributed by atoms with van der Waals surface area (Å²) in [6.45, 7) is 2.19. The first-order valence-electron chi connectivity index (χ1n) is 7.82. The maximum absolute atomic E-state index is 8.49. The lowest BCUT2D eigenvalue weighted by Gasteiger charge is -2.10. The van der Waals surface area contributed by atoms with E-state index in [1.54, 1.807) is 0 Å². The Morgan fingerprint density at radius 1 is 1.09 bits per heavy atom. The zero-order valence-corrected chi connectivity index (χ0v) is 13.9. The molecule has 0 atom stereocenters. The van der Waals surface area contributed by atoms with Crippen LogP contribution >= 0.6 is 11.6 Å². The van der Waals surface area contributed by atoms with E-state index >= 15 is 0 Å². The highest BCUT2D eigenvalue weighted by Crippen LogP contribution is 2.19. The lowest BCUT2D eigenvalue weighted by Crippen LogP contribution is -2.14. The minimum Gasteiger partial charge on any atom is -0.489 e. The molecule has 0 heterocycles. The van der Waals surface area contributed by atoms with Gasteiger partial charge < -0.3 is 10.1 Å². The third-order valence-corrected chi connectivity index (χ3v) is 3.84. The van der Waals surface area contributed by atoms with Gasteiger partial charge in [0, 0.05) is 23.6 Å². The average Bonchev–Trinajstić information content (AvgIpc) is 2.58. The standard InChI is InChI=1S/C19H21ClN2O/c20-19-10-3-2-8-17(19)15-23-18-9-6-7-16(13-18)14-22-12-5-1-4-11-21/h2-3,6-10,13,22H,1,4-5,12,14-15H2. The number of hydrogen-bond donors (Lipinski definition) is 1. The topological polar surface area (TPSA) is 45.0 Å². The Bertz CT molecular complexity index is 652. The Labute approximate surface area is 142 Å². The highest BCUT2D eigenvalue weighted by molar-refractivity contribution is 6.31. The van der Waals surface area contributed by atoms with Crippen molar-refractivity contribution in [3.63, 3.8) is 0 Å². The van der Waals surface area contributed by atoms with Crippen molar-refractivity contribution in [2.75, 3.05) is 6.54 Å². The molecule has 2 rings (SSSR count). The molecule has 0 bridgehead atoms. The first kappa shape index (κ1) is 17.3. The number of unbranched alkanes of at least 4 members (excludes halogenated alkanes) is 2. The fraction of sp³-hybridized carbons (Fsp3) is 0.316. The van der Waals surface area contributed by atoms with Gasteiger partial charge in [-0.3, -0.25) is 0 Å². The molecule has 0 unspecified atom stereocenters. The Kier molecular flexibility index (Phi) is 7.45. The van der Waals surface area contributed by atoms with Crippen molar-refractivity contribution in [2.24, 2.45) is 0 Å². The quantitative estimate of drug-likeness (QED) is 0.678. The molecule has 23 heavy (non-hydrogen) atoms. The third-order valence-electron chi connectivity index (χ3n) is 3.47. The van der Waals surface area contributed by atoms with Gasteiger partial charge in [-0.1, -0.05) is 41.9 Å². The van der Waals surface area contributed by atoms with Gasteiger partial charge in [-0.15, -0.1) is 0 Å². The van der Waals surface area contributed by atoms with Crippen molar-refractivity contribution in [1.29, 1.82) is 5.26 Å². The highest BCUT2D eigenvalue weighted by atomic mass is 35.5. The smallest absolute Gasteiger partial charge is 0.120 e. The molecular weight excluding hydrogens is 308 g/mol. The molecule has 2 aromatic carbocycles. The fourth-order valence-electron chi connectivity index (χ4n) is 2.21. The third kappa shape index (κ3) is 6.32. The van der Waals surface area contributed by atoms with Crippen LogP contribution in [0.15, 0.2) is 48.5 Å². The molecular formula is C19H21ClN2O. The molecule has 0 amide bonds. The molecule has 0 saturated carbocycles. The van der Waals surface area contributed by atoms with Gasteiger partial charge in [0.2, 0.25) is 0 Å². The molecule has 0 aliphatic rings. The van der Waals surface area contributed by atoms with Crippen molar-refractivity contribution in [3.05, 3.63) is 64.7 Å². The largest absolute Gasteiger partial charge is 0.489 e. The number of benzene rings is 2. The SMILES string of the molecule is N#CCCCCNCc1cccc(OCc2ccccc2Cl)c1. The van der Waals surface area contributed by atoms with E-state index in [2.05, 4.69) is 17.5 Å². The van der Waals surface area contributed by atoms with Gasteiger partial charge in [-0.2, -0.15) is 5.26 Å². The molecule has 0 fully saturated rings. The summed E-state index contributed by atoms with van der Waals surface area (Å²) in [5, 5.41) is 12.6. The van der Waals surface area contributed by atoms with Crippen LogP contribution in [0.25, 0.3) is 0 Å². The van der Waals surface area contributed by atoms with E-state index in [0.29, 0.717) is 13.0 Å². The number of nitrogens with zero attached hydrogens (tertiary/aromatic N) is 1. The molecule has 0 spiro atoms. The van der Waals surface area contributed by atoms with Crippen molar-refractivity contribution in [2.45, 2.75) is 32.4 Å². The lowest BCUT2D eigenvalue weighted by molar-refractivity contribution is 0.306. The summed E-state index contributed by atoms with van der Waals surface area (Å²) in [5.74, 6) is 0.841. The number of hydrogen-bond acceptors (Lipinski definition) is 3. The van der Waals surface area contributed by atoms with Crippen LogP contribution in [-0.2, 0) is 13.2 Å². The van der Waals surface area contributed by atoms with E-state index in [9.17, 15) is 0 Å². The van der Waals surface area contributed by atoms with Crippen LogP contribution in [0, 0.1) is 11.3 Å². The highest BCUT2D eigenvalue weighted by Gasteiger charge is 2.01. The van der Waals surface area contributed by atoms with Crippen LogP contribution in [-0.4, -0.2) is 6.54 Å². The summed E-state index contributed by atoms with van der Waals surface area (Å²) in [6.07, 6.45) is 2.60. The minimum absolute atomic E-state index is 0.463. The zero-order chi connectivity index (χ0) is 16.3. The summed E-state index contributed by atoms with van der Waals surface area (Å²) in [6, 6.07) is 17.9. The average molecular weight is 329 g/mol. The number of nitriles is 1. The molecule has 1 N–H and O–H groups in total. The Balaban J connectivity index is 1.78. The molecule has 0 aromatic heterocycles. The van der Waals surface area contributed by atoms with E-state index in [0.717, 1.165) is 42.3 Å². The zero-order valence-electron chi connectivity index (χ0n) is 13.1. The second kappa shape index (κ2) is 9.89. The first-order chi connectivity index (χ1) is 11.3. The lowest BCUT2D eigenvalue weighted by atomic mass is 10.2. The van der Waals surface area contributed by atoms with Gasteiger partial charge in [0.15, 0.2) is 0 Å². The van der Waals surface area contributed by atoms with Crippen LogP contribution in [0.4, 0.5) is 0 Å². The second-order valence-electron chi connectivity index (χ2n) is 5.32. The number of ether oxygens (including phenoxy) is 1. The molecule has 0 aliphatic carbocycles. The van der Waals surface area contributed by atoms with Crippen LogP contribution in [0.1, 0.15) is 30.4 Å². The minimum atomic E-state index is 0.463. The predicted molar refractivity (Wildman–Crippen MR) is 93.4 cm³/mol. The van der Waals surface area contributed by atoms with Gasteiger partial charge in [0.25, 0.3) is 0 Å². The van der Waals surface area contributed by atoms with Crippen LogP contribution in [0.2, 0.25) is 5.02 Å². The molecule has 0 aliphatic heterocycles. The molecule has 0 saturated heterocycles. The molecule has 120 valence electrons. The van der Waals surface area contributed by atoms with Gasteiger partial charge in [-0.25, -0.2) is 0 Å². The van der Waals surface area contributed by atoms with Crippen molar-refractivity contribution < 1.29 is 4.74 Å². The Morgan fingerprint density at radius 3 is 2.78 bits per heavy atom. The monoisotopic (exact) mass is 328 g/mol. The second-order valence-corrected chi connectivity index (χ2v) is 5.73. The van der Waals surface area contributed by atoms with E-state index in [1.165, 1.54) is 5.56 Å². The molecule has 4 heteroatoms. The molecule has 0 radical (unpaired) electrons. The summed E-state index contributed by atoms with van der Waals surface area (Å²) in [5.41, 5.74) is 2.16.